The lowest BCUT2D eigenvalue weighted by Crippen LogP contribution is -2.46. The Labute approximate surface area is 169 Å². The van der Waals surface area contributed by atoms with Crippen molar-refractivity contribution >= 4 is 5.91 Å². The molecular weight excluding hydrogens is 346 g/mol. The van der Waals surface area contributed by atoms with Crippen molar-refractivity contribution in [1.82, 2.24) is 5.32 Å². The van der Waals surface area contributed by atoms with Crippen LogP contribution in [-0.4, -0.2) is 19.6 Å². The fourth-order valence-electron chi connectivity index (χ4n) is 4.85. The molecule has 0 spiro atoms. The van der Waals surface area contributed by atoms with E-state index in [0.29, 0.717) is 12.5 Å². The van der Waals surface area contributed by atoms with Crippen LogP contribution in [0.25, 0.3) is 0 Å². The number of hydrogen-bond donors (Lipinski definition) is 1. The van der Waals surface area contributed by atoms with Gasteiger partial charge in [-0.25, -0.2) is 0 Å². The molecule has 0 aromatic heterocycles. The van der Waals surface area contributed by atoms with Crippen molar-refractivity contribution in [1.29, 1.82) is 0 Å². The van der Waals surface area contributed by atoms with Gasteiger partial charge in [-0.15, -0.1) is 0 Å². The molecule has 3 atom stereocenters. The lowest BCUT2D eigenvalue weighted by atomic mass is 9.64. The molecular formula is C25H33NO2. The summed E-state index contributed by atoms with van der Waals surface area (Å²) in [7, 11) is 1.68. The monoisotopic (exact) mass is 379 g/mol. The first-order chi connectivity index (χ1) is 13.4. The Kier molecular flexibility index (Phi) is 6.43. The van der Waals surface area contributed by atoms with E-state index in [-0.39, 0.29) is 23.2 Å². The molecule has 2 aromatic carbocycles. The summed E-state index contributed by atoms with van der Waals surface area (Å²) in [5, 5.41) is 3.29. The van der Waals surface area contributed by atoms with Gasteiger partial charge in [0.15, 0.2) is 0 Å². The molecule has 0 radical (unpaired) electrons. The van der Waals surface area contributed by atoms with Crippen LogP contribution in [0.2, 0.25) is 0 Å². The van der Waals surface area contributed by atoms with Crippen LogP contribution in [0, 0.1) is 17.3 Å². The maximum atomic E-state index is 13.2. The zero-order chi connectivity index (χ0) is 20.1. The van der Waals surface area contributed by atoms with Crippen molar-refractivity contribution < 1.29 is 9.53 Å². The molecule has 0 bridgehead atoms. The topological polar surface area (TPSA) is 38.3 Å². The second-order valence-electron chi connectivity index (χ2n) is 8.82. The molecule has 1 amide bonds. The smallest absolute Gasteiger partial charge is 0.223 e. The average molecular weight is 380 g/mol. The minimum Gasteiger partial charge on any atom is -0.497 e. The lowest BCUT2D eigenvalue weighted by molar-refractivity contribution is -0.132. The maximum Gasteiger partial charge on any atom is 0.223 e. The van der Waals surface area contributed by atoms with Crippen molar-refractivity contribution in [2.75, 3.05) is 13.7 Å². The van der Waals surface area contributed by atoms with Gasteiger partial charge in [0.1, 0.15) is 5.75 Å². The SMILES string of the molecule is COc1ccc(C(CNC(=O)C2C(C)CCCC2(C)C)c2ccccc2)cc1. The first-order valence-electron chi connectivity index (χ1n) is 10.4. The molecule has 1 N–H and O–H groups in total. The number of nitrogens with one attached hydrogen (secondary N) is 1. The van der Waals surface area contributed by atoms with E-state index >= 15 is 0 Å². The first kappa shape index (κ1) is 20.4. The number of amides is 1. The van der Waals surface area contributed by atoms with E-state index < -0.39 is 0 Å². The fourth-order valence-corrected chi connectivity index (χ4v) is 4.85. The highest BCUT2D eigenvalue weighted by atomic mass is 16.5. The standard InChI is InChI=1S/C25H33NO2/c1-18-9-8-16-25(2,3)23(18)24(27)26-17-22(19-10-6-5-7-11-19)20-12-14-21(28-4)15-13-20/h5-7,10-15,18,22-23H,8-9,16-17H2,1-4H3,(H,26,27). The summed E-state index contributed by atoms with van der Waals surface area (Å²) in [6, 6.07) is 18.6. The van der Waals surface area contributed by atoms with Gasteiger partial charge in [-0.05, 0) is 47.4 Å². The van der Waals surface area contributed by atoms with Crippen molar-refractivity contribution in [2.24, 2.45) is 17.3 Å². The Morgan fingerprint density at radius 1 is 1.11 bits per heavy atom. The summed E-state index contributed by atoms with van der Waals surface area (Å²) in [5.74, 6) is 1.68. The summed E-state index contributed by atoms with van der Waals surface area (Å²) >= 11 is 0. The Hall–Kier alpha value is -2.29. The van der Waals surface area contributed by atoms with Crippen LogP contribution in [-0.2, 0) is 4.79 Å². The third kappa shape index (κ3) is 4.57. The van der Waals surface area contributed by atoms with Crippen molar-refractivity contribution in [3.8, 4) is 5.75 Å². The van der Waals surface area contributed by atoms with E-state index in [1.807, 2.05) is 18.2 Å². The minimum absolute atomic E-state index is 0.0596. The van der Waals surface area contributed by atoms with Crippen molar-refractivity contribution in [3.05, 3.63) is 65.7 Å². The van der Waals surface area contributed by atoms with Crippen LogP contribution in [0.5, 0.6) is 5.75 Å². The summed E-state index contributed by atoms with van der Waals surface area (Å²) < 4.78 is 5.30. The van der Waals surface area contributed by atoms with E-state index in [1.165, 1.54) is 17.5 Å². The molecule has 3 heteroatoms. The molecule has 28 heavy (non-hydrogen) atoms. The zero-order valence-corrected chi connectivity index (χ0v) is 17.6. The molecule has 3 unspecified atom stereocenters. The van der Waals surface area contributed by atoms with Crippen molar-refractivity contribution in [2.45, 2.75) is 46.0 Å². The largest absolute Gasteiger partial charge is 0.497 e. The van der Waals surface area contributed by atoms with Gasteiger partial charge in [0, 0.05) is 18.4 Å². The highest BCUT2D eigenvalue weighted by Gasteiger charge is 2.41. The second-order valence-corrected chi connectivity index (χ2v) is 8.82. The number of carbonyl (C=O) groups is 1. The van der Waals surface area contributed by atoms with Gasteiger partial charge in [0.2, 0.25) is 5.91 Å². The Morgan fingerprint density at radius 3 is 2.36 bits per heavy atom. The molecule has 1 aliphatic rings. The van der Waals surface area contributed by atoms with Gasteiger partial charge in [0.05, 0.1) is 7.11 Å². The number of carbonyl (C=O) groups excluding carboxylic acids is 1. The summed E-state index contributed by atoms with van der Waals surface area (Å²) in [6.07, 6.45) is 3.48. The van der Waals surface area contributed by atoms with Crippen molar-refractivity contribution in [3.63, 3.8) is 0 Å². The third-order valence-electron chi connectivity index (χ3n) is 6.37. The molecule has 1 aliphatic carbocycles. The number of hydrogen-bond acceptors (Lipinski definition) is 2. The van der Waals surface area contributed by atoms with E-state index in [4.69, 9.17) is 4.74 Å². The molecule has 3 rings (SSSR count). The summed E-state index contributed by atoms with van der Waals surface area (Å²) in [5.41, 5.74) is 2.46. The van der Waals surface area contributed by atoms with Crippen LogP contribution < -0.4 is 10.1 Å². The van der Waals surface area contributed by atoms with Crippen LogP contribution in [0.1, 0.15) is 57.1 Å². The quantitative estimate of drug-likeness (QED) is 0.729. The van der Waals surface area contributed by atoms with Crippen LogP contribution in [0.4, 0.5) is 0 Å². The van der Waals surface area contributed by atoms with Gasteiger partial charge in [-0.2, -0.15) is 0 Å². The van der Waals surface area contributed by atoms with Crippen LogP contribution >= 0.6 is 0 Å². The Balaban J connectivity index is 1.79. The number of ether oxygens (including phenoxy) is 1. The second kappa shape index (κ2) is 8.81. The molecule has 150 valence electrons. The number of benzene rings is 2. The normalized spacial score (nSPS) is 22.3. The van der Waals surface area contributed by atoms with Gasteiger partial charge in [-0.1, -0.05) is 69.7 Å². The zero-order valence-electron chi connectivity index (χ0n) is 17.6. The van der Waals surface area contributed by atoms with Crippen LogP contribution in [0.3, 0.4) is 0 Å². The minimum atomic E-state index is 0.0596. The molecule has 1 saturated carbocycles. The molecule has 0 saturated heterocycles. The average Bonchev–Trinajstić information content (AvgIpc) is 2.68. The third-order valence-corrected chi connectivity index (χ3v) is 6.37. The predicted octanol–water partition coefficient (Wildman–Crippen LogP) is 5.41. The molecule has 0 heterocycles. The summed E-state index contributed by atoms with van der Waals surface area (Å²) in [6.45, 7) is 7.31. The lowest BCUT2D eigenvalue weighted by Gasteiger charge is -2.42. The van der Waals surface area contributed by atoms with Gasteiger partial charge >= 0.3 is 0 Å². The highest BCUT2D eigenvalue weighted by molar-refractivity contribution is 5.80. The predicted molar refractivity (Wildman–Crippen MR) is 115 cm³/mol. The van der Waals surface area contributed by atoms with E-state index in [2.05, 4.69) is 62.5 Å². The molecule has 0 aliphatic heterocycles. The highest BCUT2D eigenvalue weighted by Crippen LogP contribution is 2.44. The number of rotatable bonds is 6. The maximum absolute atomic E-state index is 13.2. The molecule has 3 nitrogen and oxygen atoms in total. The van der Waals surface area contributed by atoms with Gasteiger partial charge < -0.3 is 10.1 Å². The molecule has 2 aromatic rings. The van der Waals surface area contributed by atoms with Gasteiger partial charge in [0.25, 0.3) is 0 Å². The van der Waals surface area contributed by atoms with Crippen LogP contribution in [0.15, 0.2) is 54.6 Å². The Morgan fingerprint density at radius 2 is 1.75 bits per heavy atom. The first-order valence-corrected chi connectivity index (χ1v) is 10.4. The van der Waals surface area contributed by atoms with E-state index in [1.54, 1.807) is 7.11 Å². The van der Waals surface area contributed by atoms with E-state index in [9.17, 15) is 4.79 Å². The summed E-state index contributed by atoms with van der Waals surface area (Å²) in [4.78, 5) is 13.2. The Bertz CT molecular complexity index is 767. The number of methoxy groups -OCH3 is 1. The van der Waals surface area contributed by atoms with E-state index in [0.717, 1.165) is 18.6 Å². The fraction of sp³-hybridized carbons (Fsp3) is 0.480. The van der Waals surface area contributed by atoms with Gasteiger partial charge in [-0.3, -0.25) is 4.79 Å². The molecule has 1 fully saturated rings.